The normalized spacial score (nSPS) is 11.4. The lowest BCUT2D eigenvalue weighted by Gasteiger charge is -2.18. The Morgan fingerprint density at radius 3 is 2.31 bits per heavy atom. The molecule has 1 aromatic heterocycles. The molecular formula is C28H24F3N3O2. The molecule has 0 unspecified atom stereocenters. The highest BCUT2D eigenvalue weighted by molar-refractivity contribution is 6.09. The van der Waals surface area contributed by atoms with Crippen LogP contribution in [0.15, 0.2) is 79.0 Å². The van der Waals surface area contributed by atoms with E-state index in [9.17, 15) is 22.8 Å². The minimum absolute atomic E-state index is 0.0933. The van der Waals surface area contributed by atoms with Crippen LogP contribution in [-0.2, 0) is 6.18 Å². The maximum absolute atomic E-state index is 13.4. The van der Waals surface area contributed by atoms with Crippen molar-refractivity contribution in [2.75, 3.05) is 18.4 Å². The van der Waals surface area contributed by atoms with E-state index in [0.29, 0.717) is 46.4 Å². The molecule has 4 aromatic rings. The second-order valence-corrected chi connectivity index (χ2v) is 8.19. The van der Waals surface area contributed by atoms with E-state index in [0.717, 1.165) is 12.1 Å². The number of pyridine rings is 1. The van der Waals surface area contributed by atoms with E-state index in [1.54, 1.807) is 59.5 Å². The number of fused-ring (bicyclic) bond motifs is 1. The Balaban J connectivity index is 1.66. The molecule has 0 saturated heterocycles. The van der Waals surface area contributed by atoms with Crippen LogP contribution in [0, 0.1) is 0 Å². The molecule has 1 N–H and O–H groups in total. The van der Waals surface area contributed by atoms with Gasteiger partial charge in [-0.1, -0.05) is 42.5 Å². The second kappa shape index (κ2) is 10.2. The predicted molar refractivity (Wildman–Crippen MR) is 134 cm³/mol. The van der Waals surface area contributed by atoms with Gasteiger partial charge in [0.05, 0.1) is 16.6 Å². The van der Waals surface area contributed by atoms with Crippen LogP contribution in [0.25, 0.3) is 22.0 Å². The van der Waals surface area contributed by atoms with Crippen molar-refractivity contribution in [3.8, 4) is 11.1 Å². The molecular weight excluding hydrogens is 467 g/mol. The fraction of sp³-hybridized carbons (Fsp3) is 0.179. The Hall–Kier alpha value is -4.20. The van der Waals surface area contributed by atoms with E-state index in [2.05, 4.69) is 10.3 Å². The zero-order valence-electron chi connectivity index (χ0n) is 19.8. The summed E-state index contributed by atoms with van der Waals surface area (Å²) in [5.74, 6) is -0.794. The van der Waals surface area contributed by atoms with E-state index in [-0.39, 0.29) is 11.5 Å². The summed E-state index contributed by atoms with van der Waals surface area (Å²) >= 11 is 0. The number of anilines is 1. The smallest absolute Gasteiger partial charge is 0.339 e. The standard InChI is InChI=1S/C28H24F3N3O2/c1-3-34(4-2)27(36)20-14-19-10-12-22(16-25(19)32-17-20)33-26(35)24-15-21(28(29,30)31)11-13-23(24)18-8-6-5-7-9-18/h5-17H,3-4H2,1-2H3,(H,33,35). The largest absolute Gasteiger partial charge is 0.416 e. The number of nitrogens with one attached hydrogen (secondary N) is 1. The van der Waals surface area contributed by atoms with Gasteiger partial charge in [0.1, 0.15) is 0 Å². The molecule has 0 radical (unpaired) electrons. The lowest BCUT2D eigenvalue weighted by Crippen LogP contribution is -2.30. The number of halogens is 3. The van der Waals surface area contributed by atoms with Gasteiger partial charge in [-0.15, -0.1) is 0 Å². The number of carbonyl (C=O) groups is 2. The number of nitrogens with zero attached hydrogens (tertiary/aromatic N) is 2. The summed E-state index contributed by atoms with van der Waals surface area (Å²) in [5.41, 5.74) is 1.39. The number of alkyl halides is 3. The molecule has 1 heterocycles. The van der Waals surface area contributed by atoms with Crippen molar-refractivity contribution in [3.63, 3.8) is 0 Å². The molecule has 0 fully saturated rings. The van der Waals surface area contributed by atoms with Gasteiger partial charge in [-0.2, -0.15) is 13.2 Å². The predicted octanol–water partition coefficient (Wildman–Crippen LogP) is 6.65. The summed E-state index contributed by atoms with van der Waals surface area (Å²) in [4.78, 5) is 31.8. The summed E-state index contributed by atoms with van der Waals surface area (Å²) in [6.45, 7) is 4.97. The van der Waals surface area contributed by atoms with Crippen molar-refractivity contribution >= 4 is 28.4 Å². The maximum Gasteiger partial charge on any atom is 0.416 e. The maximum atomic E-state index is 13.4. The molecule has 0 spiro atoms. The Bertz CT molecular complexity index is 1410. The second-order valence-electron chi connectivity index (χ2n) is 8.19. The Morgan fingerprint density at radius 2 is 1.64 bits per heavy atom. The first-order valence-electron chi connectivity index (χ1n) is 11.5. The van der Waals surface area contributed by atoms with Crippen LogP contribution in [0.4, 0.5) is 18.9 Å². The van der Waals surface area contributed by atoms with Gasteiger partial charge in [0.25, 0.3) is 11.8 Å². The van der Waals surface area contributed by atoms with Gasteiger partial charge in [-0.05, 0) is 55.3 Å². The first kappa shape index (κ1) is 24.9. The highest BCUT2D eigenvalue weighted by atomic mass is 19.4. The van der Waals surface area contributed by atoms with Crippen molar-refractivity contribution in [1.29, 1.82) is 0 Å². The summed E-state index contributed by atoms with van der Waals surface area (Å²) in [7, 11) is 0. The topological polar surface area (TPSA) is 62.3 Å². The number of rotatable bonds is 6. The summed E-state index contributed by atoms with van der Waals surface area (Å²) < 4.78 is 40.2. The molecule has 0 atom stereocenters. The lowest BCUT2D eigenvalue weighted by atomic mass is 9.96. The van der Waals surface area contributed by atoms with Crippen molar-refractivity contribution in [2.24, 2.45) is 0 Å². The zero-order valence-corrected chi connectivity index (χ0v) is 19.8. The molecule has 0 aliphatic carbocycles. The van der Waals surface area contributed by atoms with E-state index in [4.69, 9.17) is 0 Å². The summed E-state index contributed by atoms with van der Waals surface area (Å²) in [6.07, 6.45) is -3.10. The van der Waals surface area contributed by atoms with Crippen molar-refractivity contribution in [2.45, 2.75) is 20.0 Å². The highest BCUT2D eigenvalue weighted by Crippen LogP contribution is 2.34. The Labute approximate surface area is 206 Å². The third kappa shape index (κ3) is 5.22. The molecule has 2 amide bonds. The number of hydrogen-bond acceptors (Lipinski definition) is 3. The fourth-order valence-electron chi connectivity index (χ4n) is 3.99. The number of aromatic nitrogens is 1. The first-order chi connectivity index (χ1) is 17.2. The first-order valence-corrected chi connectivity index (χ1v) is 11.5. The molecule has 36 heavy (non-hydrogen) atoms. The quantitative estimate of drug-likeness (QED) is 0.328. The molecule has 184 valence electrons. The van der Waals surface area contributed by atoms with Gasteiger partial charge in [-0.3, -0.25) is 14.6 Å². The van der Waals surface area contributed by atoms with Crippen molar-refractivity contribution in [1.82, 2.24) is 9.88 Å². The molecule has 0 bridgehead atoms. The molecule has 0 saturated carbocycles. The molecule has 8 heteroatoms. The van der Waals surface area contributed by atoms with Crippen LogP contribution in [-0.4, -0.2) is 34.8 Å². The summed E-state index contributed by atoms with van der Waals surface area (Å²) in [5, 5.41) is 3.40. The van der Waals surface area contributed by atoms with Gasteiger partial charge in [0.15, 0.2) is 0 Å². The minimum Gasteiger partial charge on any atom is -0.339 e. The van der Waals surface area contributed by atoms with Gasteiger partial charge < -0.3 is 10.2 Å². The third-order valence-corrected chi connectivity index (χ3v) is 5.92. The SMILES string of the molecule is CCN(CC)C(=O)c1cnc2cc(NC(=O)c3cc(C(F)(F)F)ccc3-c3ccccc3)ccc2c1. The molecule has 0 aliphatic rings. The molecule has 5 nitrogen and oxygen atoms in total. The average molecular weight is 492 g/mol. The van der Waals surface area contributed by atoms with E-state index in [1.165, 1.54) is 12.3 Å². The number of carbonyl (C=O) groups excluding carboxylic acids is 2. The molecule has 4 rings (SSSR count). The minimum atomic E-state index is -4.59. The highest BCUT2D eigenvalue weighted by Gasteiger charge is 2.32. The number of hydrogen-bond donors (Lipinski definition) is 1. The van der Waals surface area contributed by atoms with E-state index >= 15 is 0 Å². The lowest BCUT2D eigenvalue weighted by molar-refractivity contribution is -0.137. The van der Waals surface area contributed by atoms with Gasteiger partial charge in [0.2, 0.25) is 0 Å². The fourth-order valence-corrected chi connectivity index (χ4v) is 3.99. The van der Waals surface area contributed by atoms with Crippen LogP contribution in [0.2, 0.25) is 0 Å². The monoisotopic (exact) mass is 491 g/mol. The number of amides is 2. The van der Waals surface area contributed by atoms with Crippen LogP contribution < -0.4 is 5.32 Å². The van der Waals surface area contributed by atoms with Gasteiger partial charge in [-0.25, -0.2) is 0 Å². The van der Waals surface area contributed by atoms with Crippen LogP contribution in [0.1, 0.15) is 40.1 Å². The molecule has 0 aliphatic heterocycles. The average Bonchev–Trinajstić information content (AvgIpc) is 2.88. The van der Waals surface area contributed by atoms with Crippen molar-refractivity contribution in [3.05, 3.63) is 95.7 Å². The summed E-state index contributed by atoms with van der Waals surface area (Å²) in [6, 6.07) is 18.6. The van der Waals surface area contributed by atoms with Crippen molar-refractivity contribution < 1.29 is 22.8 Å². The molecule has 3 aromatic carbocycles. The van der Waals surface area contributed by atoms with Crippen LogP contribution in [0.5, 0.6) is 0 Å². The third-order valence-electron chi connectivity index (χ3n) is 5.92. The van der Waals surface area contributed by atoms with Crippen LogP contribution in [0.3, 0.4) is 0 Å². The number of benzene rings is 3. The zero-order chi connectivity index (χ0) is 25.9. The van der Waals surface area contributed by atoms with Crippen LogP contribution >= 0.6 is 0 Å². The van der Waals surface area contributed by atoms with E-state index < -0.39 is 17.6 Å². The Morgan fingerprint density at radius 1 is 0.917 bits per heavy atom. The van der Waals surface area contributed by atoms with E-state index in [1.807, 2.05) is 13.8 Å². The Kier molecular flexibility index (Phi) is 7.05. The van der Waals surface area contributed by atoms with Gasteiger partial charge >= 0.3 is 6.18 Å². The van der Waals surface area contributed by atoms with Gasteiger partial charge in [0, 0.05) is 35.9 Å².